The molecule has 2 N–H and O–H groups in total. The van der Waals surface area contributed by atoms with Gasteiger partial charge in [0.1, 0.15) is 0 Å². The van der Waals surface area contributed by atoms with Crippen molar-refractivity contribution in [2.24, 2.45) is 11.8 Å². The Morgan fingerprint density at radius 1 is 1.28 bits per heavy atom. The first-order valence-corrected chi connectivity index (χ1v) is 9.19. The van der Waals surface area contributed by atoms with Gasteiger partial charge in [-0.1, -0.05) is 19.1 Å². The van der Waals surface area contributed by atoms with Crippen molar-refractivity contribution < 1.29 is 9.59 Å². The minimum absolute atomic E-state index is 0.0437. The summed E-state index contributed by atoms with van der Waals surface area (Å²) in [5.41, 5.74) is 3.01. The molecule has 1 saturated heterocycles. The van der Waals surface area contributed by atoms with Gasteiger partial charge in [0.25, 0.3) is 0 Å². The Morgan fingerprint density at radius 3 is 2.64 bits per heavy atom. The fourth-order valence-corrected chi connectivity index (χ4v) is 3.39. The van der Waals surface area contributed by atoms with Crippen LogP contribution in [0.25, 0.3) is 0 Å². The van der Waals surface area contributed by atoms with Gasteiger partial charge in [-0.15, -0.1) is 0 Å². The molecular formula is C20H31N3O2. The van der Waals surface area contributed by atoms with Gasteiger partial charge in [0.05, 0.1) is 6.54 Å². The van der Waals surface area contributed by atoms with E-state index in [9.17, 15) is 9.59 Å². The van der Waals surface area contributed by atoms with Crippen molar-refractivity contribution in [3.63, 3.8) is 0 Å². The van der Waals surface area contributed by atoms with Crippen LogP contribution in [-0.4, -0.2) is 43.4 Å². The Morgan fingerprint density at radius 2 is 1.96 bits per heavy atom. The lowest BCUT2D eigenvalue weighted by molar-refractivity contribution is -0.134. The predicted molar refractivity (Wildman–Crippen MR) is 102 cm³/mol. The molecule has 0 spiro atoms. The van der Waals surface area contributed by atoms with E-state index in [1.807, 2.05) is 32.0 Å². The highest BCUT2D eigenvalue weighted by molar-refractivity contribution is 5.95. The molecule has 0 saturated carbocycles. The minimum atomic E-state index is -0.154. The number of hydrogen-bond acceptors (Lipinski definition) is 3. The van der Waals surface area contributed by atoms with Gasteiger partial charge in [0.15, 0.2) is 0 Å². The summed E-state index contributed by atoms with van der Waals surface area (Å²) in [5.74, 6) is 0.850. The zero-order chi connectivity index (χ0) is 18.4. The SMILES string of the molecule is Cc1cccc(NC(=O)CN(C)C(=O)CC(C)C2CCNCC2)c1C. The van der Waals surface area contributed by atoms with Gasteiger partial charge in [0, 0.05) is 19.2 Å². The lowest BCUT2D eigenvalue weighted by Gasteiger charge is -2.29. The Bertz CT molecular complexity index is 609. The van der Waals surface area contributed by atoms with E-state index in [2.05, 4.69) is 17.6 Å². The van der Waals surface area contributed by atoms with Crippen molar-refractivity contribution in [2.45, 2.75) is 40.0 Å². The number of amides is 2. The van der Waals surface area contributed by atoms with Crippen LogP contribution < -0.4 is 10.6 Å². The average molecular weight is 345 g/mol. The number of aryl methyl sites for hydroxylation is 1. The zero-order valence-corrected chi connectivity index (χ0v) is 15.9. The number of benzene rings is 1. The maximum Gasteiger partial charge on any atom is 0.243 e. The molecule has 1 aliphatic rings. The molecule has 1 aromatic carbocycles. The first-order chi connectivity index (χ1) is 11.9. The van der Waals surface area contributed by atoms with Crippen LogP contribution in [0.15, 0.2) is 18.2 Å². The van der Waals surface area contributed by atoms with Crippen molar-refractivity contribution in [1.29, 1.82) is 0 Å². The molecule has 0 aliphatic carbocycles. The molecule has 1 aromatic rings. The van der Waals surface area contributed by atoms with Crippen molar-refractivity contribution in [3.8, 4) is 0 Å². The molecule has 25 heavy (non-hydrogen) atoms. The molecule has 2 amide bonds. The van der Waals surface area contributed by atoms with E-state index in [0.29, 0.717) is 18.3 Å². The molecular weight excluding hydrogens is 314 g/mol. The second kappa shape index (κ2) is 8.99. The summed E-state index contributed by atoms with van der Waals surface area (Å²) < 4.78 is 0. The topological polar surface area (TPSA) is 61.4 Å². The number of nitrogens with zero attached hydrogens (tertiary/aromatic N) is 1. The van der Waals surface area contributed by atoms with Crippen LogP contribution in [0.2, 0.25) is 0 Å². The molecule has 0 radical (unpaired) electrons. The highest BCUT2D eigenvalue weighted by atomic mass is 16.2. The summed E-state index contributed by atoms with van der Waals surface area (Å²) in [6.45, 7) is 8.32. The summed E-state index contributed by atoms with van der Waals surface area (Å²) >= 11 is 0. The molecule has 138 valence electrons. The fourth-order valence-electron chi connectivity index (χ4n) is 3.39. The van der Waals surface area contributed by atoms with Crippen LogP contribution in [-0.2, 0) is 9.59 Å². The highest BCUT2D eigenvalue weighted by Gasteiger charge is 2.24. The molecule has 1 fully saturated rings. The normalized spacial score (nSPS) is 16.3. The summed E-state index contributed by atoms with van der Waals surface area (Å²) in [7, 11) is 1.71. The number of anilines is 1. The number of piperidine rings is 1. The van der Waals surface area contributed by atoms with E-state index in [1.165, 1.54) is 4.90 Å². The Hall–Kier alpha value is -1.88. The standard InChI is InChI=1S/C20H31N3O2/c1-14-6-5-7-18(16(14)3)22-19(24)13-23(4)20(25)12-15(2)17-8-10-21-11-9-17/h5-7,15,17,21H,8-13H2,1-4H3,(H,22,24). The summed E-state index contributed by atoms with van der Waals surface area (Å²) in [4.78, 5) is 26.2. The van der Waals surface area contributed by atoms with Gasteiger partial charge in [-0.3, -0.25) is 9.59 Å². The predicted octanol–water partition coefficient (Wildman–Crippen LogP) is 2.73. The molecule has 0 bridgehead atoms. The third-order valence-electron chi connectivity index (χ3n) is 5.37. The molecule has 5 nitrogen and oxygen atoms in total. The van der Waals surface area contributed by atoms with Gasteiger partial charge in [-0.05, 0) is 68.8 Å². The van der Waals surface area contributed by atoms with Crippen LogP contribution in [0.5, 0.6) is 0 Å². The maximum atomic E-state index is 12.4. The number of rotatable bonds is 6. The smallest absolute Gasteiger partial charge is 0.243 e. The molecule has 1 unspecified atom stereocenters. The minimum Gasteiger partial charge on any atom is -0.336 e. The van der Waals surface area contributed by atoms with E-state index in [4.69, 9.17) is 0 Å². The lowest BCUT2D eigenvalue weighted by Crippen LogP contribution is -2.37. The molecule has 2 rings (SSSR count). The number of carbonyl (C=O) groups is 2. The largest absolute Gasteiger partial charge is 0.336 e. The maximum absolute atomic E-state index is 12.4. The van der Waals surface area contributed by atoms with Crippen molar-refractivity contribution in [2.75, 3.05) is 32.0 Å². The number of nitrogens with one attached hydrogen (secondary N) is 2. The number of likely N-dealkylation sites (N-methyl/N-ethyl adjacent to an activating group) is 1. The van der Waals surface area contributed by atoms with Crippen molar-refractivity contribution in [3.05, 3.63) is 29.3 Å². The summed E-state index contributed by atoms with van der Waals surface area (Å²) in [6.07, 6.45) is 2.77. The molecule has 1 aliphatic heterocycles. The second-order valence-corrected chi connectivity index (χ2v) is 7.31. The third-order valence-corrected chi connectivity index (χ3v) is 5.37. The van der Waals surface area contributed by atoms with Crippen LogP contribution in [0.1, 0.15) is 37.3 Å². The first kappa shape index (κ1) is 19.4. The molecule has 0 aromatic heterocycles. The fraction of sp³-hybridized carbons (Fsp3) is 0.600. The Balaban J connectivity index is 1.83. The van der Waals surface area contributed by atoms with Crippen molar-refractivity contribution >= 4 is 17.5 Å². The van der Waals surface area contributed by atoms with E-state index in [1.54, 1.807) is 7.05 Å². The van der Waals surface area contributed by atoms with Crippen LogP contribution in [0, 0.1) is 25.7 Å². The number of hydrogen-bond donors (Lipinski definition) is 2. The molecule has 1 atom stereocenters. The second-order valence-electron chi connectivity index (χ2n) is 7.31. The van der Waals surface area contributed by atoms with E-state index < -0.39 is 0 Å². The van der Waals surface area contributed by atoms with E-state index in [-0.39, 0.29) is 18.4 Å². The van der Waals surface area contributed by atoms with Crippen molar-refractivity contribution in [1.82, 2.24) is 10.2 Å². The van der Waals surface area contributed by atoms with Gasteiger partial charge < -0.3 is 15.5 Å². The third kappa shape index (κ3) is 5.56. The molecule has 1 heterocycles. The summed E-state index contributed by atoms with van der Waals surface area (Å²) in [5, 5.41) is 6.27. The van der Waals surface area contributed by atoms with Gasteiger partial charge in [0.2, 0.25) is 11.8 Å². The Labute approximate surface area is 151 Å². The summed E-state index contributed by atoms with van der Waals surface area (Å²) in [6, 6.07) is 5.83. The van der Waals surface area contributed by atoms with Gasteiger partial charge in [-0.2, -0.15) is 0 Å². The van der Waals surface area contributed by atoms with Crippen LogP contribution >= 0.6 is 0 Å². The number of carbonyl (C=O) groups excluding carboxylic acids is 2. The highest BCUT2D eigenvalue weighted by Crippen LogP contribution is 2.24. The Kier molecular flexibility index (Phi) is 7.00. The van der Waals surface area contributed by atoms with Gasteiger partial charge >= 0.3 is 0 Å². The van der Waals surface area contributed by atoms with E-state index in [0.717, 1.165) is 42.7 Å². The van der Waals surface area contributed by atoms with Gasteiger partial charge in [-0.25, -0.2) is 0 Å². The average Bonchev–Trinajstić information content (AvgIpc) is 2.59. The monoisotopic (exact) mass is 345 g/mol. The zero-order valence-electron chi connectivity index (χ0n) is 15.9. The van der Waals surface area contributed by atoms with Crippen LogP contribution in [0.4, 0.5) is 5.69 Å². The quantitative estimate of drug-likeness (QED) is 0.833. The van der Waals surface area contributed by atoms with E-state index >= 15 is 0 Å². The van der Waals surface area contributed by atoms with Crippen LogP contribution in [0.3, 0.4) is 0 Å². The molecule has 5 heteroatoms. The lowest BCUT2D eigenvalue weighted by atomic mass is 9.84. The first-order valence-electron chi connectivity index (χ1n) is 9.19.